The molecule has 0 spiro atoms. The molecule has 0 saturated heterocycles. The van der Waals surface area contributed by atoms with Crippen LogP contribution >= 0.6 is 11.3 Å². The number of nitrogens with one attached hydrogen (secondary N) is 1. The molecule has 1 aromatic carbocycles. The van der Waals surface area contributed by atoms with Crippen LogP contribution in [0.15, 0.2) is 29.6 Å². The fourth-order valence-electron chi connectivity index (χ4n) is 1.82. The molecule has 0 aliphatic heterocycles. The molecule has 0 aliphatic carbocycles. The summed E-state index contributed by atoms with van der Waals surface area (Å²) in [5.41, 5.74) is 2.10. The number of nitriles is 1. The first-order valence-electron chi connectivity index (χ1n) is 6.43. The molecule has 1 atom stereocenters. The van der Waals surface area contributed by atoms with E-state index in [0.717, 1.165) is 22.0 Å². The van der Waals surface area contributed by atoms with Crippen molar-refractivity contribution in [2.45, 2.75) is 26.4 Å². The molecule has 104 valence electrons. The van der Waals surface area contributed by atoms with Crippen molar-refractivity contribution in [2.24, 2.45) is 0 Å². The lowest BCUT2D eigenvalue weighted by molar-refractivity contribution is 0.361. The average Bonchev–Trinajstić information content (AvgIpc) is 2.90. The molecule has 0 radical (unpaired) electrons. The zero-order chi connectivity index (χ0) is 14.4. The highest BCUT2D eigenvalue weighted by Gasteiger charge is 2.10. The minimum atomic E-state index is 0.0677. The van der Waals surface area contributed by atoms with Crippen molar-refractivity contribution in [3.8, 4) is 11.8 Å². The van der Waals surface area contributed by atoms with Crippen LogP contribution in [0.25, 0.3) is 0 Å². The van der Waals surface area contributed by atoms with Gasteiger partial charge in [-0.3, -0.25) is 0 Å². The van der Waals surface area contributed by atoms with Crippen LogP contribution in [0, 0.1) is 18.3 Å². The van der Waals surface area contributed by atoms with E-state index in [-0.39, 0.29) is 12.6 Å². The van der Waals surface area contributed by atoms with E-state index in [4.69, 9.17) is 10.00 Å². The highest BCUT2D eigenvalue weighted by molar-refractivity contribution is 7.09. The maximum Gasteiger partial charge on any atom is 0.174 e. The van der Waals surface area contributed by atoms with Crippen LogP contribution in [0.2, 0.25) is 0 Å². The molecule has 4 nitrogen and oxygen atoms in total. The summed E-state index contributed by atoms with van der Waals surface area (Å²) in [7, 11) is 0. The third-order valence-electron chi connectivity index (χ3n) is 2.87. The Labute approximate surface area is 123 Å². The minimum absolute atomic E-state index is 0.0677. The van der Waals surface area contributed by atoms with E-state index in [1.54, 1.807) is 11.3 Å². The van der Waals surface area contributed by atoms with Gasteiger partial charge in [0.25, 0.3) is 0 Å². The fourth-order valence-corrected chi connectivity index (χ4v) is 2.65. The van der Waals surface area contributed by atoms with Gasteiger partial charge < -0.3 is 10.1 Å². The van der Waals surface area contributed by atoms with Gasteiger partial charge in [-0.15, -0.1) is 11.3 Å². The van der Waals surface area contributed by atoms with Crippen molar-refractivity contribution < 1.29 is 4.74 Å². The number of rotatable bonds is 6. The first-order valence-corrected chi connectivity index (χ1v) is 7.31. The number of hydrogen-bond donors (Lipinski definition) is 1. The van der Waals surface area contributed by atoms with Crippen molar-refractivity contribution in [1.29, 1.82) is 5.26 Å². The molecule has 0 bridgehead atoms. The summed E-state index contributed by atoms with van der Waals surface area (Å²) in [5, 5.41) is 15.2. The van der Waals surface area contributed by atoms with Crippen LogP contribution in [0.1, 0.15) is 29.2 Å². The molecule has 0 fully saturated rings. The number of benzene rings is 1. The average molecular weight is 287 g/mol. The molecule has 0 amide bonds. The lowest BCUT2D eigenvalue weighted by atomic mass is 10.2. The number of aryl methyl sites for hydroxylation is 1. The largest absolute Gasteiger partial charge is 0.478 e. The van der Waals surface area contributed by atoms with Crippen LogP contribution in [-0.2, 0) is 6.54 Å². The van der Waals surface area contributed by atoms with E-state index in [2.05, 4.69) is 22.6 Å². The van der Waals surface area contributed by atoms with E-state index >= 15 is 0 Å². The molecule has 20 heavy (non-hydrogen) atoms. The van der Waals surface area contributed by atoms with E-state index in [1.165, 1.54) is 0 Å². The molecule has 2 rings (SSSR count). The highest BCUT2D eigenvalue weighted by atomic mass is 32.1. The molecule has 1 aromatic heterocycles. The van der Waals surface area contributed by atoms with E-state index in [9.17, 15) is 0 Å². The molecule has 0 saturated carbocycles. The normalized spacial score (nSPS) is 11.8. The van der Waals surface area contributed by atoms with Crippen molar-refractivity contribution in [1.82, 2.24) is 10.3 Å². The standard InChI is InChI=1S/C15H17N3OS/c1-11-10-20-15(18-11)12(2)17-9-13-5-3-4-6-14(13)19-8-7-16/h3-6,10,12,17H,8-9H2,1-2H3. The summed E-state index contributed by atoms with van der Waals surface area (Å²) in [5.74, 6) is 0.754. The molecular weight excluding hydrogens is 270 g/mol. The Kier molecular flexibility index (Phi) is 5.10. The Hall–Kier alpha value is -1.90. The monoisotopic (exact) mass is 287 g/mol. The first-order chi connectivity index (χ1) is 9.70. The van der Waals surface area contributed by atoms with Gasteiger partial charge in [0.05, 0.1) is 6.04 Å². The zero-order valence-corrected chi connectivity index (χ0v) is 12.4. The first kappa shape index (κ1) is 14.5. The molecule has 0 aliphatic rings. The third kappa shape index (κ3) is 3.80. The summed E-state index contributed by atoms with van der Waals surface area (Å²) in [6.45, 7) is 4.84. The van der Waals surface area contributed by atoms with Crippen LogP contribution in [0.5, 0.6) is 5.75 Å². The van der Waals surface area contributed by atoms with Gasteiger partial charge in [-0.25, -0.2) is 4.98 Å². The predicted octanol–water partition coefficient (Wildman–Crippen LogP) is 3.20. The Morgan fingerprint density at radius 3 is 2.95 bits per heavy atom. The van der Waals surface area contributed by atoms with Crippen LogP contribution in [-0.4, -0.2) is 11.6 Å². The highest BCUT2D eigenvalue weighted by Crippen LogP contribution is 2.21. The molecule has 1 unspecified atom stereocenters. The van der Waals surface area contributed by atoms with Gasteiger partial charge in [0.2, 0.25) is 0 Å². The maximum atomic E-state index is 8.59. The van der Waals surface area contributed by atoms with Crippen LogP contribution < -0.4 is 10.1 Å². The van der Waals surface area contributed by atoms with Crippen molar-refractivity contribution >= 4 is 11.3 Å². The van der Waals surface area contributed by atoms with E-state index in [0.29, 0.717) is 6.54 Å². The quantitative estimate of drug-likeness (QED) is 0.886. The van der Waals surface area contributed by atoms with Gasteiger partial charge in [-0.1, -0.05) is 18.2 Å². The molecule has 1 N–H and O–H groups in total. The maximum absolute atomic E-state index is 8.59. The number of hydrogen-bond acceptors (Lipinski definition) is 5. The third-order valence-corrected chi connectivity index (χ3v) is 4.02. The fraction of sp³-hybridized carbons (Fsp3) is 0.333. The second-order valence-corrected chi connectivity index (χ2v) is 5.37. The second-order valence-electron chi connectivity index (χ2n) is 4.48. The summed E-state index contributed by atoms with van der Waals surface area (Å²) in [6, 6.07) is 9.93. The number of thiazole rings is 1. The zero-order valence-electron chi connectivity index (χ0n) is 11.6. The molecule has 2 aromatic rings. The lowest BCUT2D eigenvalue weighted by Gasteiger charge is -2.13. The summed E-state index contributed by atoms with van der Waals surface area (Å²) in [6.07, 6.45) is 0. The predicted molar refractivity (Wildman–Crippen MR) is 79.7 cm³/mol. The number of para-hydroxylation sites is 1. The Balaban J connectivity index is 1.98. The van der Waals surface area contributed by atoms with Gasteiger partial charge in [-0.2, -0.15) is 5.26 Å². The van der Waals surface area contributed by atoms with Crippen molar-refractivity contribution in [3.63, 3.8) is 0 Å². The smallest absolute Gasteiger partial charge is 0.174 e. The summed E-state index contributed by atoms with van der Waals surface area (Å²) < 4.78 is 5.41. The Bertz CT molecular complexity index is 603. The van der Waals surface area contributed by atoms with Gasteiger partial charge in [0.15, 0.2) is 6.61 Å². The van der Waals surface area contributed by atoms with Crippen LogP contribution in [0.3, 0.4) is 0 Å². The van der Waals surface area contributed by atoms with Crippen molar-refractivity contribution in [2.75, 3.05) is 6.61 Å². The number of ether oxygens (including phenoxy) is 1. The minimum Gasteiger partial charge on any atom is -0.478 e. The number of aromatic nitrogens is 1. The molecule has 5 heteroatoms. The summed E-state index contributed by atoms with van der Waals surface area (Å²) >= 11 is 1.66. The molecular formula is C15H17N3OS. The SMILES string of the molecule is Cc1csc(C(C)NCc2ccccc2OCC#N)n1. The van der Waals surface area contributed by atoms with Gasteiger partial charge in [-0.05, 0) is 19.9 Å². The Morgan fingerprint density at radius 2 is 2.25 bits per heavy atom. The van der Waals surface area contributed by atoms with E-state index in [1.807, 2.05) is 37.3 Å². The van der Waals surface area contributed by atoms with E-state index < -0.39 is 0 Å². The summed E-state index contributed by atoms with van der Waals surface area (Å²) in [4.78, 5) is 4.48. The van der Waals surface area contributed by atoms with Gasteiger partial charge in [0.1, 0.15) is 16.8 Å². The lowest BCUT2D eigenvalue weighted by Crippen LogP contribution is -2.18. The second kappa shape index (κ2) is 7.04. The Morgan fingerprint density at radius 1 is 1.45 bits per heavy atom. The number of nitrogens with zero attached hydrogens (tertiary/aromatic N) is 2. The topological polar surface area (TPSA) is 57.9 Å². The van der Waals surface area contributed by atoms with Gasteiger partial charge >= 0.3 is 0 Å². The van der Waals surface area contributed by atoms with Crippen molar-refractivity contribution in [3.05, 3.63) is 45.9 Å². The van der Waals surface area contributed by atoms with Gasteiger partial charge in [0, 0.05) is 23.2 Å². The van der Waals surface area contributed by atoms with Crippen LogP contribution in [0.4, 0.5) is 0 Å². The molecule has 1 heterocycles.